The maximum atomic E-state index is 12.4. The van der Waals surface area contributed by atoms with Crippen LogP contribution in [-0.2, 0) is 0 Å². The number of carbonyl (C=O) groups is 2. The highest BCUT2D eigenvalue weighted by Gasteiger charge is 2.19. The topological polar surface area (TPSA) is 54.4 Å². The first-order chi connectivity index (χ1) is 9.40. The molecule has 2 aromatic carbocycles. The molecule has 0 fully saturated rings. The van der Waals surface area contributed by atoms with Gasteiger partial charge >= 0.3 is 5.97 Å². The lowest BCUT2D eigenvalue weighted by Crippen LogP contribution is -2.11. The Balaban J connectivity index is 2.56. The zero-order valence-electron chi connectivity index (χ0n) is 11.1. The molecule has 0 saturated carbocycles. The molecule has 0 spiro atoms. The summed E-state index contributed by atoms with van der Waals surface area (Å²) in [7, 11) is 0. The van der Waals surface area contributed by atoms with Crippen LogP contribution in [0.1, 0.15) is 37.4 Å². The maximum Gasteiger partial charge on any atom is 0.336 e. The highest BCUT2D eigenvalue weighted by molar-refractivity contribution is 6.30. The van der Waals surface area contributed by atoms with Gasteiger partial charge in [-0.25, -0.2) is 4.79 Å². The average molecular weight is 289 g/mol. The van der Waals surface area contributed by atoms with E-state index in [0.717, 1.165) is 11.1 Å². The van der Waals surface area contributed by atoms with E-state index in [1.54, 1.807) is 30.3 Å². The largest absolute Gasteiger partial charge is 0.478 e. The molecule has 0 aliphatic rings. The molecule has 3 nitrogen and oxygen atoms in total. The van der Waals surface area contributed by atoms with E-state index < -0.39 is 5.97 Å². The van der Waals surface area contributed by atoms with Crippen LogP contribution in [-0.4, -0.2) is 16.9 Å². The third kappa shape index (κ3) is 2.73. The first-order valence-electron chi connectivity index (χ1n) is 6.05. The molecule has 4 heteroatoms. The smallest absolute Gasteiger partial charge is 0.336 e. The Labute approximate surface area is 121 Å². The molecular formula is C16H13ClO3. The van der Waals surface area contributed by atoms with Crippen molar-refractivity contribution in [2.75, 3.05) is 0 Å². The van der Waals surface area contributed by atoms with Crippen LogP contribution < -0.4 is 0 Å². The number of aromatic carboxylic acids is 1. The van der Waals surface area contributed by atoms with E-state index in [2.05, 4.69) is 0 Å². The van der Waals surface area contributed by atoms with Crippen molar-refractivity contribution in [1.29, 1.82) is 0 Å². The van der Waals surface area contributed by atoms with E-state index in [1.807, 2.05) is 13.8 Å². The van der Waals surface area contributed by atoms with Gasteiger partial charge in [0.15, 0.2) is 5.78 Å². The van der Waals surface area contributed by atoms with Crippen molar-refractivity contribution in [2.24, 2.45) is 0 Å². The van der Waals surface area contributed by atoms with Crippen LogP contribution in [0.4, 0.5) is 0 Å². The fourth-order valence-corrected chi connectivity index (χ4v) is 2.06. The number of halogens is 1. The minimum absolute atomic E-state index is 0.0213. The van der Waals surface area contributed by atoms with Gasteiger partial charge < -0.3 is 5.11 Å². The summed E-state index contributed by atoms with van der Waals surface area (Å²) in [5.74, 6) is -1.42. The summed E-state index contributed by atoms with van der Waals surface area (Å²) in [6, 6.07) is 9.54. The summed E-state index contributed by atoms with van der Waals surface area (Å²) < 4.78 is 0. The number of ketones is 1. The Kier molecular flexibility index (Phi) is 3.91. The number of rotatable bonds is 3. The molecule has 2 rings (SSSR count). The predicted octanol–water partition coefficient (Wildman–Crippen LogP) is 3.89. The molecule has 0 amide bonds. The summed E-state index contributed by atoms with van der Waals surface area (Å²) in [5.41, 5.74) is 2.36. The Hall–Kier alpha value is -2.13. The average Bonchev–Trinajstić information content (AvgIpc) is 2.41. The lowest BCUT2D eigenvalue weighted by molar-refractivity contribution is 0.0692. The summed E-state index contributed by atoms with van der Waals surface area (Å²) in [5, 5.41) is 9.78. The second kappa shape index (κ2) is 5.47. The van der Waals surface area contributed by atoms with Crippen molar-refractivity contribution < 1.29 is 14.7 Å². The van der Waals surface area contributed by atoms with E-state index in [9.17, 15) is 14.7 Å². The zero-order chi connectivity index (χ0) is 14.9. The van der Waals surface area contributed by atoms with Crippen molar-refractivity contribution in [2.45, 2.75) is 13.8 Å². The van der Waals surface area contributed by atoms with Gasteiger partial charge in [-0.3, -0.25) is 4.79 Å². The van der Waals surface area contributed by atoms with Crippen LogP contribution in [0.3, 0.4) is 0 Å². The van der Waals surface area contributed by atoms with Crippen molar-refractivity contribution in [3.8, 4) is 0 Å². The third-order valence-electron chi connectivity index (χ3n) is 3.22. The zero-order valence-corrected chi connectivity index (χ0v) is 11.9. The van der Waals surface area contributed by atoms with E-state index in [1.165, 1.54) is 6.07 Å². The van der Waals surface area contributed by atoms with Crippen LogP contribution in [0.15, 0.2) is 36.4 Å². The van der Waals surface area contributed by atoms with Gasteiger partial charge in [-0.1, -0.05) is 11.6 Å². The molecule has 0 saturated heterocycles. The fraction of sp³-hybridized carbons (Fsp3) is 0.125. The summed E-state index contributed by atoms with van der Waals surface area (Å²) in [6.07, 6.45) is 0. The number of hydrogen-bond donors (Lipinski definition) is 1. The molecule has 0 bridgehead atoms. The first kappa shape index (κ1) is 14.3. The number of benzene rings is 2. The lowest BCUT2D eigenvalue weighted by atomic mass is 9.94. The lowest BCUT2D eigenvalue weighted by Gasteiger charge is -2.09. The Morgan fingerprint density at radius 1 is 0.950 bits per heavy atom. The molecule has 0 aliphatic carbocycles. The monoisotopic (exact) mass is 288 g/mol. The Morgan fingerprint density at radius 3 is 1.95 bits per heavy atom. The molecule has 1 N–H and O–H groups in total. The van der Waals surface area contributed by atoms with Crippen molar-refractivity contribution >= 4 is 23.4 Å². The first-order valence-corrected chi connectivity index (χ1v) is 6.42. The van der Waals surface area contributed by atoms with E-state index >= 15 is 0 Å². The van der Waals surface area contributed by atoms with Gasteiger partial charge in [-0.15, -0.1) is 0 Å². The van der Waals surface area contributed by atoms with Gasteiger partial charge in [0.25, 0.3) is 0 Å². The number of aryl methyl sites for hydroxylation is 2. The Bertz CT molecular complexity index is 688. The van der Waals surface area contributed by atoms with E-state index in [4.69, 9.17) is 11.6 Å². The van der Waals surface area contributed by atoms with E-state index in [-0.39, 0.29) is 16.9 Å². The molecule has 0 aliphatic heterocycles. The van der Waals surface area contributed by atoms with Gasteiger partial charge in [-0.2, -0.15) is 0 Å². The highest BCUT2D eigenvalue weighted by Crippen LogP contribution is 2.20. The molecule has 0 heterocycles. The summed E-state index contributed by atoms with van der Waals surface area (Å²) in [4.78, 5) is 23.7. The minimum Gasteiger partial charge on any atom is -0.478 e. The third-order valence-corrected chi connectivity index (χ3v) is 3.47. The number of carboxylic acid groups (broad SMARTS) is 1. The van der Waals surface area contributed by atoms with Gasteiger partial charge in [0.2, 0.25) is 0 Å². The molecule has 102 valence electrons. The summed E-state index contributed by atoms with van der Waals surface area (Å²) >= 11 is 5.78. The Morgan fingerprint density at radius 2 is 1.45 bits per heavy atom. The standard InChI is InChI=1S/C16H13ClO3/c1-9-7-13(14(16(19)20)8-10(9)2)15(18)11-3-5-12(17)6-4-11/h3-8H,1-2H3,(H,19,20). The predicted molar refractivity (Wildman–Crippen MR) is 77.8 cm³/mol. The van der Waals surface area contributed by atoms with Crippen LogP contribution in [0.25, 0.3) is 0 Å². The van der Waals surface area contributed by atoms with Gasteiger partial charge in [0.05, 0.1) is 5.56 Å². The summed E-state index contributed by atoms with van der Waals surface area (Å²) in [6.45, 7) is 3.66. The second-order valence-corrected chi connectivity index (χ2v) is 5.06. The van der Waals surface area contributed by atoms with Crippen LogP contribution >= 0.6 is 11.6 Å². The molecule has 0 unspecified atom stereocenters. The normalized spacial score (nSPS) is 10.3. The number of hydrogen-bond acceptors (Lipinski definition) is 2. The molecule has 0 aromatic heterocycles. The van der Waals surface area contributed by atoms with Crippen LogP contribution in [0, 0.1) is 13.8 Å². The van der Waals surface area contributed by atoms with Crippen molar-refractivity contribution in [3.63, 3.8) is 0 Å². The van der Waals surface area contributed by atoms with E-state index in [0.29, 0.717) is 10.6 Å². The van der Waals surface area contributed by atoms with Crippen LogP contribution in [0.5, 0.6) is 0 Å². The fourth-order valence-electron chi connectivity index (χ4n) is 1.94. The second-order valence-electron chi connectivity index (χ2n) is 4.62. The van der Waals surface area contributed by atoms with Gasteiger partial charge in [0, 0.05) is 16.1 Å². The van der Waals surface area contributed by atoms with Crippen molar-refractivity contribution in [1.82, 2.24) is 0 Å². The molecule has 2 aromatic rings. The minimum atomic E-state index is -1.11. The molecule has 20 heavy (non-hydrogen) atoms. The van der Waals surface area contributed by atoms with Gasteiger partial charge in [0.1, 0.15) is 0 Å². The van der Waals surface area contributed by atoms with Crippen molar-refractivity contribution in [3.05, 3.63) is 69.2 Å². The molecule has 0 radical (unpaired) electrons. The highest BCUT2D eigenvalue weighted by atomic mass is 35.5. The molecule has 0 atom stereocenters. The SMILES string of the molecule is Cc1cc(C(=O)O)c(C(=O)c2ccc(Cl)cc2)cc1C. The quantitative estimate of drug-likeness (QED) is 0.872. The number of carbonyl (C=O) groups excluding carboxylic acids is 1. The van der Waals surface area contributed by atoms with Crippen LogP contribution in [0.2, 0.25) is 5.02 Å². The van der Waals surface area contributed by atoms with Gasteiger partial charge in [-0.05, 0) is 61.4 Å². The molecular weight excluding hydrogens is 276 g/mol. The maximum absolute atomic E-state index is 12.4. The number of carboxylic acids is 1.